The molecule has 1 aromatic heterocycles. The predicted octanol–water partition coefficient (Wildman–Crippen LogP) is 10.8. The zero-order valence-corrected chi connectivity index (χ0v) is 24.3. The fourth-order valence-corrected chi connectivity index (χ4v) is 5.87. The lowest BCUT2D eigenvalue weighted by Crippen LogP contribution is -2.29. The first-order chi connectivity index (χ1) is 17.9. The number of fused-ring (bicyclic) bond motifs is 3. The minimum absolute atomic E-state index is 0.302. The summed E-state index contributed by atoms with van der Waals surface area (Å²) in [7, 11) is 0. The number of rotatable bonds is 18. The highest BCUT2D eigenvalue weighted by molar-refractivity contribution is 5.81. The van der Waals surface area contributed by atoms with E-state index in [9.17, 15) is 5.11 Å². The number of pyridine rings is 1. The number of benzene rings is 1. The van der Waals surface area contributed by atoms with E-state index in [1.165, 1.54) is 108 Å². The van der Waals surface area contributed by atoms with Gasteiger partial charge in [-0.3, -0.25) is 4.98 Å². The molecule has 3 nitrogen and oxygen atoms in total. The normalized spacial score (nSPS) is 14.6. The van der Waals surface area contributed by atoms with E-state index < -0.39 is 5.60 Å². The van der Waals surface area contributed by atoms with E-state index in [0.717, 1.165) is 28.9 Å². The van der Waals surface area contributed by atoms with Crippen LogP contribution in [0.5, 0.6) is 11.5 Å². The molecule has 0 aliphatic carbocycles. The van der Waals surface area contributed by atoms with Crippen LogP contribution in [-0.4, -0.2) is 10.1 Å². The Balaban J connectivity index is 1.29. The fraction of sp³-hybridized carbons (Fsp3) is 0.676. The van der Waals surface area contributed by atoms with Crippen molar-refractivity contribution in [3.05, 3.63) is 41.7 Å². The minimum atomic E-state index is -0.437. The van der Waals surface area contributed by atoms with Gasteiger partial charge in [0, 0.05) is 23.5 Å². The van der Waals surface area contributed by atoms with Gasteiger partial charge in [-0.15, -0.1) is 0 Å². The van der Waals surface area contributed by atoms with E-state index >= 15 is 0 Å². The maximum absolute atomic E-state index is 10.9. The molecule has 1 aliphatic heterocycles. The summed E-state index contributed by atoms with van der Waals surface area (Å²) in [6.45, 7) is 8.73. The van der Waals surface area contributed by atoms with E-state index in [1.807, 2.05) is 18.3 Å². The number of nitrogens with zero attached hydrogens (tertiary/aromatic N) is 1. The molecule has 2 aromatic rings. The van der Waals surface area contributed by atoms with Crippen LogP contribution in [0.15, 0.2) is 30.6 Å². The lowest BCUT2D eigenvalue weighted by atomic mass is 9.85. The quantitative estimate of drug-likeness (QED) is 0.204. The molecule has 1 atom stereocenters. The van der Waals surface area contributed by atoms with Gasteiger partial charge in [-0.25, -0.2) is 0 Å². The van der Waals surface area contributed by atoms with Gasteiger partial charge in [0.1, 0.15) is 17.1 Å². The molecule has 206 valence electrons. The van der Waals surface area contributed by atoms with Crippen LogP contribution in [0.1, 0.15) is 154 Å². The molecule has 1 aliphatic rings. The molecule has 0 fully saturated rings. The zero-order chi connectivity index (χ0) is 26.5. The highest BCUT2D eigenvalue weighted by Crippen LogP contribution is 2.49. The van der Waals surface area contributed by atoms with Crippen LogP contribution in [0.25, 0.3) is 11.1 Å². The third-order valence-electron chi connectivity index (χ3n) is 8.27. The number of phenols is 1. The van der Waals surface area contributed by atoms with Gasteiger partial charge < -0.3 is 9.84 Å². The first-order valence-corrected chi connectivity index (χ1v) is 15.4. The Morgan fingerprint density at radius 1 is 0.811 bits per heavy atom. The van der Waals surface area contributed by atoms with Gasteiger partial charge >= 0.3 is 0 Å². The lowest BCUT2D eigenvalue weighted by molar-refractivity contribution is 0.105. The monoisotopic (exact) mass is 507 g/mol. The van der Waals surface area contributed by atoms with Gasteiger partial charge in [0.25, 0.3) is 0 Å². The number of hydrogen-bond donors (Lipinski definition) is 1. The molecule has 2 heterocycles. The van der Waals surface area contributed by atoms with E-state index in [2.05, 4.69) is 38.7 Å². The highest BCUT2D eigenvalue weighted by atomic mass is 16.5. The van der Waals surface area contributed by atoms with E-state index in [-0.39, 0.29) is 0 Å². The summed E-state index contributed by atoms with van der Waals surface area (Å²) in [4.78, 5) is 4.30. The number of aromatic nitrogens is 1. The van der Waals surface area contributed by atoms with Gasteiger partial charge in [0.05, 0.1) is 5.56 Å². The second kappa shape index (κ2) is 15.4. The highest BCUT2D eigenvalue weighted by Gasteiger charge is 2.34. The summed E-state index contributed by atoms with van der Waals surface area (Å²) in [6, 6.07) is 6.07. The van der Waals surface area contributed by atoms with Crippen molar-refractivity contribution in [1.29, 1.82) is 0 Å². The maximum Gasteiger partial charge on any atom is 0.132 e. The second-order valence-electron chi connectivity index (χ2n) is 11.9. The topological polar surface area (TPSA) is 42.4 Å². The van der Waals surface area contributed by atoms with Gasteiger partial charge in [-0.2, -0.15) is 0 Å². The number of ether oxygens (including phenoxy) is 1. The number of phenolic OH excluding ortho intramolecular Hbond substituents is 1. The van der Waals surface area contributed by atoms with Crippen LogP contribution >= 0.6 is 0 Å². The molecule has 0 radical (unpaired) electrons. The Morgan fingerprint density at radius 3 is 1.92 bits per heavy atom. The molecular formula is C34H53NO2. The van der Waals surface area contributed by atoms with Crippen molar-refractivity contribution >= 4 is 0 Å². The third kappa shape index (κ3) is 9.04. The molecule has 0 bridgehead atoms. The zero-order valence-electron chi connectivity index (χ0n) is 24.3. The molecule has 3 heteroatoms. The Hall–Kier alpha value is -2.03. The van der Waals surface area contributed by atoms with Crippen molar-refractivity contribution in [3.8, 4) is 22.6 Å². The molecule has 0 saturated carbocycles. The smallest absolute Gasteiger partial charge is 0.132 e. The molecule has 1 N–H and O–H groups in total. The molecule has 1 aromatic carbocycles. The van der Waals surface area contributed by atoms with E-state index in [4.69, 9.17) is 4.74 Å². The summed E-state index contributed by atoms with van der Waals surface area (Å²) in [6.07, 6.45) is 27.2. The van der Waals surface area contributed by atoms with Crippen molar-refractivity contribution in [2.45, 2.75) is 148 Å². The second-order valence-corrected chi connectivity index (χ2v) is 11.9. The minimum Gasteiger partial charge on any atom is -0.507 e. The Bertz CT molecular complexity index is 935. The van der Waals surface area contributed by atoms with Crippen LogP contribution in [0.3, 0.4) is 0 Å². The van der Waals surface area contributed by atoms with Crippen LogP contribution in [0, 0.1) is 0 Å². The van der Waals surface area contributed by atoms with Crippen molar-refractivity contribution in [1.82, 2.24) is 4.98 Å². The first-order valence-electron chi connectivity index (χ1n) is 15.4. The SMILES string of the molecule is CCCCCCCCCCCCCCCCCCC(C)c1cc(O)c2c(c1)OC(C)(C)c1ccncc1-2. The van der Waals surface area contributed by atoms with Gasteiger partial charge in [-0.1, -0.05) is 117 Å². The van der Waals surface area contributed by atoms with Crippen LogP contribution in [-0.2, 0) is 5.60 Å². The maximum atomic E-state index is 10.9. The van der Waals surface area contributed by atoms with Gasteiger partial charge in [0.2, 0.25) is 0 Å². The Morgan fingerprint density at radius 2 is 1.35 bits per heavy atom. The van der Waals surface area contributed by atoms with E-state index in [1.54, 1.807) is 6.20 Å². The number of unbranched alkanes of at least 4 members (excludes halogenated alkanes) is 15. The molecule has 0 saturated heterocycles. The van der Waals surface area contributed by atoms with Crippen LogP contribution in [0.2, 0.25) is 0 Å². The average molecular weight is 508 g/mol. The fourth-order valence-electron chi connectivity index (χ4n) is 5.87. The van der Waals surface area contributed by atoms with Crippen molar-refractivity contribution in [3.63, 3.8) is 0 Å². The molecule has 37 heavy (non-hydrogen) atoms. The predicted molar refractivity (Wildman–Crippen MR) is 158 cm³/mol. The molecule has 0 amide bonds. The van der Waals surface area contributed by atoms with Crippen molar-refractivity contribution in [2.24, 2.45) is 0 Å². The molecule has 3 rings (SSSR count). The molecule has 1 unspecified atom stereocenters. The third-order valence-corrected chi connectivity index (χ3v) is 8.27. The lowest BCUT2D eigenvalue weighted by Gasteiger charge is -2.35. The summed E-state index contributed by atoms with van der Waals surface area (Å²) >= 11 is 0. The average Bonchev–Trinajstić information content (AvgIpc) is 2.87. The summed E-state index contributed by atoms with van der Waals surface area (Å²) < 4.78 is 6.36. The largest absolute Gasteiger partial charge is 0.507 e. The van der Waals surface area contributed by atoms with E-state index in [0.29, 0.717) is 11.7 Å². The molecule has 0 spiro atoms. The number of hydrogen-bond acceptors (Lipinski definition) is 3. The first kappa shape index (κ1) is 29.5. The summed E-state index contributed by atoms with van der Waals surface area (Å²) in [5.41, 5.74) is 3.55. The Labute approximate surface area is 227 Å². The summed E-state index contributed by atoms with van der Waals surface area (Å²) in [5, 5.41) is 10.9. The van der Waals surface area contributed by atoms with Gasteiger partial charge in [0.15, 0.2) is 0 Å². The van der Waals surface area contributed by atoms with Gasteiger partial charge in [-0.05, 0) is 49.9 Å². The van der Waals surface area contributed by atoms with Crippen LogP contribution < -0.4 is 4.74 Å². The van der Waals surface area contributed by atoms with Crippen molar-refractivity contribution in [2.75, 3.05) is 0 Å². The Kier molecular flexibility index (Phi) is 12.3. The summed E-state index contributed by atoms with van der Waals surface area (Å²) in [5.74, 6) is 1.49. The van der Waals surface area contributed by atoms with Crippen molar-refractivity contribution < 1.29 is 9.84 Å². The standard InChI is InChI=1S/C34H53NO2/c1-5-6-7-8-9-10-11-12-13-14-15-16-17-18-19-20-21-27(2)28-24-31(36)33-29-26-35-23-22-30(29)34(3,4)37-32(33)25-28/h22-27,36H,5-21H2,1-4H3. The van der Waals surface area contributed by atoms with Crippen LogP contribution in [0.4, 0.5) is 0 Å². The molecular weight excluding hydrogens is 454 g/mol. The number of aromatic hydroxyl groups is 1.